The van der Waals surface area contributed by atoms with Crippen LogP contribution in [0.2, 0.25) is 0 Å². The molecule has 2 heterocycles. The third-order valence-corrected chi connectivity index (χ3v) is 8.03. The lowest BCUT2D eigenvalue weighted by molar-refractivity contribution is 0.469. The Morgan fingerprint density at radius 1 is 0.971 bits per heavy atom. The predicted molar refractivity (Wildman–Crippen MR) is 130 cm³/mol. The highest BCUT2D eigenvalue weighted by Gasteiger charge is 2.23. The lowest BCUT2D eigenvalue weighted by Crippen LogP contribution is -2.22. The van der Waals surface area contributed by atoms with E-state index in [-0.39, 0.29) is 4.90 Å². The highest BCUT2D eigenvalue weighted by atomic mass is 32.2. The van der Waals surface area contributed by atoms with Gasteiger partial charge in [-0.05, 0) is 37.1 Å². The van der Waals surface area contributed by atoms with E-state index in [0.29, 0.717) is 40.5 Å². The highest BCUT2D eigenvalue weighted by Crippen LogP contribution is 2.33. The van der Waals surface area contributed by atoms with E-state index in [4.69, 9.17) is 4.42 Å². The van der Waals surface area contributed by atoms with E-state index in [1.165, 1.54) is 30.2 Å². The van der Waals surface area contributed by atoms with Gasteiger partial charge in [-0.3, -0.25) is 4.57 Å². The van der Waals surface area contributed by atoms with E-state index in [0.717, 1.165) is 16.8 Å². The molecular weight excluding hydrogens is 472 g/mol. The smallest absolute Gasteiger partial charge is 0.242 e. The van der Waals surface area contributed by atoms with Gasteiger partial charge in [-0.2, -0.15) is 0 Å². The second-order valence-corrected chi connectivity index (χ2v) is 11.0. The Kier molecular flexibility index (Phi) is 6.87. The molecule has 2 aromatic carbocycles. The first-order valence-electron chi connectivity index (χ1n) is 10.7. The van der Waals surface area contributed by atoms with Crippen LogP contribution in [0.3, 0.4) is 0 Å². The maximum atomic E-state index is 12.7. The summed E-state index contributed by atoms with van der Waals surface area (Å²) in [5.41, 5.74) is 3.69. The van der Waals surface area contributed by atoms with Crippen LogP contribution in [0.25, 0.3) is 17.1 Å². The van der Waals surface area contributed by atoms with E-state index in [9.17, 15) is 8.42 Å². The molecule has 0 N–H and O–H groups in total. The summed E-state index contributed by atoms with van der Waals surface area (Å²) in [6.07, 6.45) is 0.673. The summed E-state index contributed by atoms with van der Waals surface area (Å²) in [5, 5.41) is 17.7. The van der Waals surface area contributed by atoms with E-state index in [2.05, 4.69) is 20.4 Å². The van der Waals surface area contributed by atoms with Crippen LogP contribution < -0.4 is 0 Å². The first-order chi connectivity index (χ1) is 16.2. The van der Waals surface area contributed by atoms with Gasteiger partial charge in [0.05, 0.1) is 16.3 Å². The summed E-state index contributed by atoms with van der Waals surface area (Å²) in [6.45, 7) is 6.01. The molecule has 0 radical (unpaired) electrons. The average molecular weight is 499 g/mol. The van der Waals surface area contributed by atoms with Gasteiger partial charge in [0, 0.05) is 26.1 Å². The fourth-order valence-electron chi connectivity index (χ4n) is 3.53. The van der Waals surface area contributed by atoms with Crippen molar-refractivity contribution in [1.82, 2.24) is 29.3 Å². The molecule has 0 aliphatic carbocycles. The average Bonchev–Trinajstić information content (AvgIpc) is 3.44. The summed E-state index contributed by atoms with van der Waals surface area (Å²) in [6, 6.07) is 12.8. The SMILES string of the molecule is CCc1nnc(CSc2nnc(-c3cccc(S(=O)(=O)N(C)C)c3)n2-c2c(C)cccc2C)o1. The molecular formula is C23H26N6O3S2. The molecule has 0 aliphatic rings. The lowest BCUT2D eigenvalue weighted by Gasteiger charge is -2.16. The van der Waals surface area contributed by atoms with Crippen LogP contribution in [0.1, 0.15) is 29.8 Å². The molecule has 34 heavy (non-hydrogen) atoms. The molecule has 11 heteroatoms. The van der Waals surface area contributed by atoms with Gasteiger partial charge in [0.1, 0.15) is 0 Å². The molecule has 0 aliphatic heterocycles. The van der Waals surface area contributed by atoms with Crippen molar-refractivity contribution in [2.24, 2.45) is 0 Å². The zero-order valence-electron chi connectivity index (χ0n) is 19.7. The Morgan fingerprint density at radius 2 is 1.65 bits per heavy atom. The van der Waals surface area contributed by atoms with Gasteiger partial charge in [0.25, 0.3) is 0 Å². The van der Waals surface area contributed by atoms with Crippen molar-refractivity contribution in [3.8, 4) is 17.1 Å². The number of rotatable bonds is 8. The minimum Gasteiger partial charge on any atom is -0.424 e. The van der Waals surface area contributed by atoms with Crippen molar-refractivity contribution in [2.45, 2.75) is 43.0 Å². The van der Waals surface area contributed by atoms with Gasteiger partial charge in [-0.25, -0.2) is 12.7 Å². The van der Waals surface area contributed by atoms with Gasteiger partial charge in [0.15, 0.2) is 11.0 Å². The molecule has 178 valence electrons. The second kappa shape index (κ2) is 9.69. The fraction of sp³-hybridized carbons (Fsp3) is 0.304. The van der Waals surface area contributed by atoms with Crippen LogP contribution in [0.5, 0.6) is 0 Å². The molecule has 0 unspecified atom stereocenters. The molecule has 4 aromatic rings. The summed E-state index contributed by atoms with van der Waals surface area (Å²) in [4.78, 5) is 0.193. The fourth-order valence-corrected chi connectivity index (χ4v) is 5.26. The van der Waals surface area contributed by atoms with Gasteiger partial charge in [-0.1, -0.05) is 49.0 Å². The monoisotopic (exact) mass is 498 g/mol. The van der Waals surface area contributed by atoms with Gasteiger partial charge in [-0.15, -0.1) is 20.4 Å². The third kappa shape index (κ3) is 4.63. The van der Waals surface area contributed by atoms with E-state index in [1.807, 2.05) is 49.6 Å². The van der Waals surface area contributed by atoms with Crippen LogP contribution in [-0.4, -0.2) is 51.8 Å². The first-order valence-corrected chi connectivity index (χ1v) is 13.1. The lowest BCUT2D eigenvalue weighted by atomic mass is 10.1. The molecule has 0 saturated heterocycles. The molecule has 0 spiro atoms. The normalized spacial score (nSPS) is 11.9. The number of thioether (sulfide) groups is 1. The summed E-state index contributed by atoms with van der Waals surface area (Å²) in [5.74, 6) is 2.09. The van der Waals surface area contributed by atoms with Gasteiger partial charge in [0.2, 0.25) is 21.8 Å². The minimum atomic E-state index is -3.60. The molecule has 0 amide bonds. The molecule has 9 nitrogen and oxygen atoms in total. The first kappa shape index (κ1) is 24.1. The molecule has 2 aromatic heterocycles. The zero-order chi connectivity index (χ0) is 24.5. The minimum absolute atomic E-state index is 0.193. The Labute approximate surface area is 203 Å². The van der Waals surface area contributed by atoms with Crippen molar-refractivity contribution < 1.29 is 12.8 Å². The number of para-hydroxylation sites is 1. The van der Waals surface area contributed by atoms with Gasteiger partial charge >= 0.3 is 0 Å². The number of hydrogen-bond acceptors (Lipinski definition) is 8. The largest absolute Gasteiger partial charge is 0.424 e. The highest BCUT2D eigenvalue weighted by molar-refractivity contribution is 7.98. The summed E-state index contributed by atoms with van der Waals surface area (Å²) < 4.78 is 34.3. The van der Waals surface area contributed by atoms with Crippen molar-refractivity contribution in [3.05, 3.63) is 65.4 Å². The third-order valence-electron chi connectivity index (χ3n) is 5.30. The standard InChI is InChI=1S/C23H26N6O3S2/c1-6-19-24-25-20(32-19)14-33-23-27-26-22(29(23)21-15(2)9-7-10-16(21)3)17-11-8-12-18(13-17)34(30,31)28(4)5/h7-13H,6,14H2,1-5H3. The number of aryl methyl sites for hydroxylation is 3. The summed E-state index contributed by atoms with van der Waals surface area (Å²) in [7, 11) is -0.575. The maximum Gasteiger partial charge on any atom is 0.242 e. The van der Waals surface area contributed by atoms with Crippen molar-refractivity contribution >= 4 is 21.8 Å². The number of benzene rings is 2. The molecule has 0 atom stereocenters. The number of hydrogen-bond donors (Lipinski definition) is 0. The quantitative estimate of drug-likeness (QED) is 0.335. The maximum absolute atomic E-state index is 12.7. The molecule has 0 bridgehead atoms. The Hall–Kier alpha value is -3.02. The van der Waals surface area contributed by atoms with Crippen LogP contribution in [0.4, 0.5) is 0 Å². The van der Waals surface area contributed by atoms with E-state index >= 15 is 0 Å². The second-order valence-electron chi connectivity index (χ2n) is 7.93. The Bertz CT molecular complexity index is 1410. The van der Waals surface area contributed by atoms with Crippen LogP contribution >= 0.6 is 11.8 Å². The topological polar surface area (TPSA) is 107 Å². The Balaban J connectivity index is 1.83. The van der Waals surface area contributed by atoms with E-state index < -0.39 is 10.0 Å². The molecule has 0 saturated carbocycles. The van der Waals surface area contributed by atoms with Crippen LogP contribution in [0, 0.1) is 13.8 Å². The number of nitrogens with zero attached hydrogens (tertiary/aromatic N) is 6. The van der Waals surface area contributed by atoms with E-state index in [1.54, 1.807) is 18.2 Å². The molecule has 4 rings (SSSR count). The number of aromatic nitrogens is 5. The number of sulfonamides is 1. The Morgan fingerprint density at radius 3 is 2.29 bits per heavy atom. The zero-order valence-corrected chi connectivity index (χ0v) is 21.3. The van der Waals surface area contributed by atoms with Crippen molar-refractivity contribution in [1.29, 1.82) is 0 Å². The van der Waals surface area contributed by atoms with Crippen LogP contribution in [0.15, 0.2) is 56.9 Å². The summed E-state index contributed by atoms with van der Waals surface area (Å²) >= 11 is 1.43. The van der Waals surface area contributed by atoms with Gasteiger partial charge < -0.3 is 4.42 Å². The van der Waals surface area contributed by atoms with Crippen molar-refractivity contribution in [3.63, 3.8) is 0 Å². The molecule has 0 fully saturated rings. The van der Waals surface area contributed by atoms with Crippen LogP contribution in [-0.2, 0) is 22.2 Å². The van der Waals surface area contributed by atoms with Crippen molar-refractivity contribution in [2.75, 3.05) is 14.1 Å². The predicted octanol–water partition coefficient (Wildman–Crippen LogP) is 4.04.